The monoisotopic (exact) mass is 523 g/mol. The summed E-state index contributed by atoms with van der Waals surface area (Å²) in [5.74, 6) is 1.10. The number of hydrogen-bond donors (Lipinski definition) is 3. The number of pyridine rings is 1. The summed E-state index contributed by atoms with van der Waals surface area (Å²) >= 11 is 7.77. The van der Waals surface area contributed by atoms with E-state index in [0.717, 1.165) is 52.6 Å². The number of anilines is 3. The Morgan fingerprint density at radius 1 is 1.19 bits per heavy atom. The second kappa shape index (κ2) is 9.34. The summed E-state index contributed by atoms with van der Waals surface area (Å²) in [6, 6.07) is 9.88. The second-order valence-electron chi connectivity index (χ2n) is 9.39. The van der Waals surface area contributed by atoms with Gasteiger partial charge in [-0.15, -0.1) is 11.3 Å². The van der Waals surface area contributed by atoms with Crippen molar-refractivity contribution in [3.05, 3.63) is 40.4 Å². The van der Waals surface area contributed by atoms with E-state index in [4.69, 9.17) is 21.3 Å². The normalized spacial score (nSPS) is 20.5. The SMILES string of the molecule is C[C@H]1CNc2c(sc3ccc4nc(Nc5cc(Cl)nc(OC6CCCN(C)C6)n5)ccc4c23)C(=O)N1. The highest BCUT2D eigenvalue weighted by Crippen LogP contribution is 2.41. The van der Waals surface area contributed by atoms with Gasteiger partial charge in [-0.3, -0.25) is 4.79 Å². The lowest BCUT2D eigenvalue weighted by Gasteiger charge is -2.29. The van der Waals surface area contributed by atoms with Gasteiger partial charge in [-0.05, 0) is 57.6 Å². The minimum absolute atomic E-state index is 0.0377. The fourth-order valence-electron chi connectivity index (χ4n) is 4.80. The number of likely N-dealkylation sites (N-methyl/N-ethyl adjacent to an activating group) is 1. The third-order valence-electron chi connectivity index (χ3n) is 6.47. The van der Waals surface area contributed by atoms with Gasteiger partial charge in [0, 0.05) is 40.7 Å². The van der Waals surface area contributed by atoms with Crippen LogP contribution in [0.25, 0.3) is 21.0 Å². The molecule has 0 bridgehead atoms. The molecule has 3 aromatic heterocycles. The molecular weight excluding hydrogens is 498 g/mol. The number of halogens is 1. The van der Waals surface area contributed by atoms with Gasteiger partial charge in [-0.2, -0.15) is 9.97 Å². The third kappa shape index (κ3) is 4.52. The molecule has 2 atom stereocenters. The van der Waals surface area contributed by atoms with E-state index in [1.165, 1.54) is 11.3 Å². The molecule has 1 aromatic carbocycles. The molecule has 1 fully saturated rings. The van der Waals surface area contributed by atoms with Crippen LogP contribution in [0.4, 0.5) is 17.3 Å². The standard InChI is InChI=1S/C25H26ClN7O2S/c1-13-11-27-22-21-15-5-8-19(29-16(15)6-7-17(21)36-23(22)24(34)28-13)31-20-10-18(26)30-25(32-20)35-14-4-3-9-33(2)12-14/h5-8,10,13-14,27H,3-4,9,11-12H2,1-2H3,(H,28,34)(H,29,30,31,32)/t13-,14?/m0/s1. The summed E-state index contributed by atoms with van der Waals surface area (Å²) in [6.07, 6.45) is 2.08. The van der Waals surface area contributed by atoms with Crippen molar-refractivity contribution < 1.29 is 9.53 Å². The van der Waals surface area contributed by atoms with Crippen LogP contribution < -0.4 is 20.7 Å². The van der Waals surface area contributed by atoms with Crippen LogP contribution in [0, 0.1) is 0 Å². The van der Waals surface area contributed by atoms with Crippen LogP contribution in [0.1, 0.15) is 29.4 Å². The predicted molar refractivity (Wildman–Crippen MR) is 144 cm³/mol. The van der Waals surface area contributed by atoms with Crippen LogP contribution in [0.2, 0.25) is 5.15 Å². The number of amides is 1. The maximum Gasteiger partial charge on any atom is 0.320 e. The summed E-state index contributed by atoms with van der Waals surface area (Å²) in [6.45, 7) is 4.56. The summed E-state index contributed by atoms with van der Waals surface area (Å²) in [5, 5.41) is 12.0. The predicted octanol–water partition coefficient (Wildman–Crippen LogP) is 4.65. The van der Waals surface area contributed by atoms with Crippen molar-refractivity contribution in [3.63, 3.8) is 0 Å². The number of aromatic nitrogens is 3. The molecule has 36 heavy (non-hydrogen) atoms. The zero-order valence-corrected chi connectivity index (χ0v) is 21.5. The number of carbonyl (C=O) groups is 1. The van der Waals surface area contributed by atoms with Gasteiger partial charge in [0.1, 0.15) is 27.8 Å². The first-order chi connectivity index (χ1) is 17.4. The first-order valence-corrected chi connectivity index (χ1v) is 13.2. The molecule has 1 saturated heterocycles. The number of benzene rings is 1. The van der Waals surface area contributed by atoms with Crippen molar-refractivity contribution in [1.82, 2.24) is 25.2 Å². The van der Waals surface area contributed by atoms with Gasteiger partial charge in [0.05, 0.1) is 11.2 Å². The van der Waals surface area contributed by atoms with Gasteiger partial charge in [0.15, 0.2) is 0 Å². The van der Waals surface area contributed by atoms with E-state index in [-0.39, 0.29) is 24.1 Å². The van der Waals surface area contributed by atoms with Crippen molar-refractivity contribution in [2.45, 2.75) is 31.9 Å². The highest BCUT2D eigenvalue weighted by atomic mass is 35.5. The summed E-state index contributed by atoms with van der Waals surface area (Å²) in [4.78, 5) is 29.2. The molecule has 11 heteroatoms. The molecule has 5 heterocycles. The van der Waals surface area contributed by atoms with Gasteiger partial charge < -0.3 is 25.6 Å². The lowest BCUT2D eigenvalue weighted by Crippen LogP contribution is -2.38. The maximum absolute atomic E-state index is 12.7. The number of piperidine rings is 1. The Balaban J connectivity index is 1.30. The zero-order chi connectivity index (χ0) is 24.8. The largest absolute Gasteiger partial charge is 0.459 e. The molecule has 9 nitrogen and oxygen atoms in total. The van der Waals surface area contributed by atoms with Crippen molar-refractivity contribution in [2.75, 3.05) is 37.3 Å². The second-order valence-corrected chi connectivity index (χ2v) is 10.8. The van der Waals surface area contributed by atoms with Crippen LogP contribution in [0.5, 0.6) is 6.01 Å². The number of carbonyl (C=O) groups excluding carboxylic acids is 1. The van der Waals surface area contributed by atoms with Gasteiger partial charge >= 0.3 is 6.01 Å². The number of hydrogen-bond acceptors (Lipinski definition) is 9. The molecular formula is C25H26ClN7O2S. The Labute approximate surface area is 217 Å². The van der Waals surface area contributed by atoms with Gasteiger partial charge in [0.2, 0.25) is 0 Å². The molecule has 1 amide bonds. The molecule has 3 N–H and O–H groups in total. The average Bonchev–Trinajstić information content (AvgIpc) is 3.15. The average molecular weight is 524 g/mol. The Morgan fingerprint density at radius 2 is 2.08 bits per heavy atom. The van der Waals surface area contributed by atoms with Crippen LogP contribution in [0.15, 0.2) is 30.3 Å². The fraction of sp³-hybridized carbons (Fsp3) is 0.360. The number of likely N-dealkylation sites (tertiary alicyclic amines) is 1. The number of ether oxygens (including phenoxy) is 1. The highest BCUT2D eigenvalue weighted by Gasteiger charge is 2.25. The number of nitrogens with one attached hydrogen (secondary N) is 3. The van der Waals surface area contributed by atoms with Gasteiger partial charge in [-0.25, -0.2) is 4.98 Å². The molecule has 6 rings (SSSR count). The first kappa shape index (κ1) is 23.2. The summed E-state index contributed by atoms with van der Waals surface area (Å²) in [5.41, 5.74) is 1.69. The molecule has 0 radical (unpaired) electrons. The van der Waals surface area contributed by atoms with Crippen molar-refractivity contribution in [3.8, 4) is 6.01 Å². The van der Waals surface area contributed by atoms with E-state index in [1.54, 1.807) is 6.07 Å². The smallest absolute Gasteiger partial charge is 0.320 e. The number of nitrogens with zero attached hydrogens (tertiary/aromatic N) is 4. The number of fused-ring (bicyclic) bond motifs is 5. The van der Waals surface area contributed by atoms with Crippen LogP contribution in [-0.4, -0.2) is 64.6 Å². The Bertz CT molecular complexity index is 1480. The van der Waals surface area contributed by atoms with Crippen LogP contribution in [0.3, 0.4) is 0 Å². The molecule has 0 spiro atoms. The van der Waals surface area contributed by atoms with E-state index >= 15 is 0 Å². The van der Waals surface area contributed by atoms with Gasteiger partial charge in [0.25, 0.3) is 5.91 Å². The van der Waals surface area contributed by atoms with Crippen LogP contribution >= 0.6 is 22.9 Å². The van der Waals surface area contributed by atoms with Crippen molar-refractivity contribution in [1.29, 1.82) is 0 Å². The molecule has 2 aliphatic heterocycles. The molecule has 2 aliphatic rings. The lowest BCUT2D eigenvalue weighted by atomic mass is 10.1. The molecule has 186 valence electrons. The minimum atomic E-state index is -0.0402. The van der Waals surface area contributed by atoms with E-state index in [2.05, 4.69) is 37.9 Å². The molecule has 0 aliphatic carbocycles. The van der Waals surface area contributed by atoms with Gasteiger partial charge in [-0.1, -0.05) is 11.6 Å². The number of rotatable bonds is 4. The first-order valence-electron chi connectivity index (χ1n) is 12.0. The Morgan fingerprint density at radius 3 is 2.94 bits per heavy atom. The quantitative estimate of drug-likeness (QED) is 0.332. The topological polar surface area (TPSA) is 104 Å². The van der Waals surface area contributed by atoms with E-state index in [1.807, 2.05) is 31.2 Å². The lowest BCUT2D eigenvalue weighted by molar-refractivity contribution is 0.0947. The Kier molecular flexibility index (Phi) is 6.02. The minimum Gasteiger partial charge on any atom is -0.459 e. The third-order valence-corrected chi connectivity index (χ3v) is 7.82. The van der Waals surface area contributed by atoms with E-state index in [0.29, 0.717) is 28.2 Å². The number of thiophene rings is 1. The molecule has 4 aromatic rings. The van der Waals surface area contributed by atoms with Crippen molar-refractivity contribution >= 4 is 67.2 Å². The van der Waals surface area contributed by atoms with E-state index in [9.17, 15) is 4.79 Å². The Hall–Kier alpha value is -3.21. The van der Waals surface area contributed by atoms with E-state index < -0.39 is 0 Å². The highest BCUT2D eigenvalue weighted by molar-refractivity contribution is 7.21. The molecule has 0 saturated carbocycles. The van der Waals surface area contributed by atoms with Crippen molar-refractivity contribution in [2.24, 2.45) is 0 Å². The summed E-state index contributed by atoms with van der Waals surface area (Å²) < 4.78 is 7.07. The zero-order valence-electron chi connectivity index (χ0n) is 20.0. The summed E-state index contributed by atoms with van der Waals surface area (Å²) in [7, 11) is 2.08. The molecule has 1 unspecified atom stereocenters. The maximum atomic E-state index is 12.7. The fourth-order valence-corrected chi connectivity index (χ4v) is 6.08. The van der Waals surface area contributed by atoms with Crippen LogP contribution in [-0.2, 0) is 0 Å².